The number of amides is 1. The van der Waals surface area contributed by atoms with Crippen molar-refractivity contribution in [3.05, 3.63) is 93.5 Å². The molecule has 3 aromatic carbocycles. The lowest BCUT2D eigenvalue weighted by atomic mass is 10.0. The molecule has 37 heavy (non-hydrogen) atoms. The molecule has 1 aliphatic heterocycles. The minimum Gasteiger partial charge on any atom is -0.476 e. The maximum atomic E-state index is 13.2. The number of fused-ring (bicyclic) bond motifs is 1. The molecule has 0 aromatic heterocycles. The van der Waals surface area contributed by atoms with Gasteiger partial charge in [-0.05, 0) is 24.1 Å². The third-order valence-corrected chi connectivity index (χ3v) is 8.45. The first-order chi connectivity index (χ1) is 17.6. The third kappa shape index (κ3) is 5.39. The average molecular weight is 564 g/mol. The summed E-state index contributed by atoms with van der Waals surface area (Å²) in [4.78, 5) is 24.8. The molecule has 194 valence electrons. The number of esters is 1. The van der Waals surface area contributed by atoms with E-state index in [1.165, 1.54) is 6.07 Å². The Morgan fingerprint density at radius 3 is 2.14 bits per heavy atom. The summed E-state index contributed by atoms with van der Waals surface area (Å²) in [6, 6.07) is 19.7. The summed E-state index contributed by atoms with van der Waals surface area (Å²) in [6.07, 6.45) is -2.84. The van der Waals surface area contributed by atoms with Gasteiger partial charge in [0.05, 0.1) is 11.6 Å². The summed E-state index contributed by atoms with van der Waals surface area (Å²) in [5.74, 6) is -0.573. The molecule has 0 bridgehead atoms. The van der Waals surface area contributed by atoms with Gasteiger partial charge in [0, 0.05) is 19.0 Å². The van der Waals surface area contributed by atoms with Gasteiger partial charge < -0.3 is 14.2 Å². The SMILES string of the molecule is CCOC(=O)N(C)S(=O)(=O)c1cc2c(c(Cl)c1Cl)OC(C(=O)OC(c1ccccc1)c1ccccc1)C2. The number of sulfonamides is 1. The minimum atomic E-state index is -4.39. The molecule has 1 unspecified atom stereocenters. The summed E-state index contributed by atoms with van der Waals surface area (Å²) >= 11 is 12.6. The molecule has 0 N–H and O–H groups in total. The van der Waals surface area contributed by atoms with Crippen LogP contribution in [-0.2, 0) is 30.7 Å². The van der Waals surface area contributed by atoms with Crippen molar-refractivity contribution in [2.75, 3.05) is 13.7 Å². The maximum absolute atomic E-state index is 13.2. The van der Waals surface area contributed by atoms with E-state index in [0.29, 0.717) is 9.87 Å². The molecule has 0 spiro atoms. The molecule has 1 aliphatic rings. The zero-order valence-electron chi connectivity index (χ0n) is 19.9. The monoisotopic (exact) mass is 563 g/mol. The number of benzene rings is 3. The Bertz CT molecular complexity index is 1380. The van der Waals surface area contributed by atoms with Crippen molar-refractivity contribution in [1.29, 1.82) is 0 Å². The highest BCUT2D eigenvalue weighted by Crippen LogP contribution is 2.45. The molecule has 1 atom stereocenters. The Morgan fingerprint density at radius 1 is 1.03 bits per heavy atom. The van der Waals surface area contributed by atoms with Gasteiger partial charge in [0.2, 0.25) is 0 Å². The number of hydrogen-bond acceptors (Lipinski definition) is 7. The number of carbonyl (C=O) groups is 2. The Balaban J connectivity index is 1.60. The fraction of sp³-hybridized carbons (Fsp3) is 0.231. The lowest BCUT2D eigenvalue weighted by Crippen LogP contribution is -2.34. The van der Waals surface area contributed by atoms with Crippen LogP contribution in [0.4, 0.5) is 4.79 Å². The van der Waals surface area contributed by atoms with Crippen molar-refractivity contribution < 1.29 is 32.2 Å². The van der Waals surface area contributed by atoms with Crippen LogP contribution in [0.15, 0.2) is 71.6 Å². The van der Waals surface area contributed by atoms with Crippen LogP contribution in [0.2, 0.25) is 10.0 Å². The van der Waals surface area contributed by atoms with Gasteiger partial charge in [0.15, 0.2) is 12.2 Å². The van der Waals surface area contributed by atoms with Gasteiger partial charge in [-0.1, -0.05) is 83.9 Å². The van der Waals surface area contributed by atoms with Crippen molar-refractivity contribution in [2.24, 2.45) is 0 Å². The van der Waals surface area contributed by atoms with E-state index >= 15 is 0 Å². The van der Waals surface area contributed by atoms with Crippen LogP contribution in [0.5, 0.6) is 5.75 Å². The fourth-order valence-corrected chi connectivity index (χ4v) is 5.77. The summed E-state index contributed by atoms with van der Waals surface area (Å²) in [7, 11) is -3.34. The predicted octanol–water partition coefficient (Wildman–Crippen LogP) is 5.41. The Kier molecular flexibility index (Phi) is 7.96. The lowest BCUT2D eigenvalue weighted by Gasteiger charge is -2.21. The summed E-state index contributed by atoms with van der Waals surface area (Å²) in [6.45, 7) is 1.54. The van der Waals surface area contributed by atoms with E-state index < -0.39 is 39.2 Å². The number of nitrogens with zero attached hydrogens (tertiary/aromatic N) is 1. The van der Waals surface area contributed by atoms with E-state index in [2.05, 4.69) is 0 Å². The molecule has 0 aliphatic carbocycles. The first kappa shape index (κ1) is 26.8. The molecule has 1 heterocycles. The minimum absolute atomic E-state index is 0.00695. The van der Waals surface area contributed by atoms with Gasteiger partial charge in [-0.25, -0.2) is 22.3 Å². The third-order valence-electron chi connectivity index (χ3n) is 5.74. The van der Waals surface area contributed by atoms with Gasteiger partial charge >= 0.3 is 12.1 Å². The van der Waals surface area contributed by atoms with Crippen molar-refractivity contribution in [3.8, 4) is 5.75 Å². The predicted molar refractivity (Wildman–Crippen MR) is 137 cm³/mol. The smallest absolute Gasteiger partial charge is 0.423 e. The summed E-state index contributed by atoms with van der Waals surface area (Å²) in [5.41, 5.74) is 1.88. The molecule has 4 rings (SSSR count). The number of ether oxygens (including phenoxy) is 3. The molecule has 1 amide bonds. The number of rotatable bonds is 7. The normalized spacial score (nSPS) is 14.6. The van der Waals surface area contributed by atoms with E-state index in [4.69, 9.17) is 37.4 Å². The zero-order chi connectivity index (χ0) is 26.7. The average Bonchev–Trinajstić information content (AvgIpc) is 3.34. The maximum Gasteiger partial charge on any atom is 0.423 e. The summed E-state index contributed by atoms with van der Waals surface area (Å²) < 4.78 is 43.0. The molecule has 0 saturated carbocycles. The largest absolute Gasteiger partial charge is 0.476 e. The van der Waals surface area contributed by atoms with Gasteiger partial charge in [0.25, 0.3) is 10.0 Å². The number of halogens is 2. The first-order valence-corrected chi connectivity index (χ1v) is 13.5. The van der Waals surface area contributed by atoms with Gasteiger partial charge in [-0.3, -0.25) is 0 Å². The van der Waals surface area contributed by atoms with Crippen molar-refractivity contribution in [2.45, 2.75) is 30.4 Å². The van der Waals surface area contributed by atoms with Gasteiger partial charge in [-0.2, -0.15) is 0 Å². The van der Waals surface area contributed by atoms with E-state index in [0.717, 1.165) is 18.2 Å². The summed E-state index contributed by atoms with van der Waals surface area (Å²) in [5, 5.41) is -0.523. The molecule has 8 nitrogen and oxygen atoms in total. The van der Waals surface area contributed by atoms with Crippen molar-refractivity contribution >= 4 is 45.3 Å². The van der Waals surface area contributed by atoms with E-state index in [9.17, 15) is 18.0 Å². The Hall–Kier alpha value is -3.27. The second kappa shape index (κ2) is 11.0. The second-order valence-corrected chi connectivity index (χ2v) is 10.8. The van der Waals surface area contributed by atoms with Crippen LogP contribution >= 0.6 is 23.2 Å². The highest BCUT2D eigenvalue weighted by atomic mass is 35.5. The molecular weight excluding hydrogens is 541 g/mol. The van der Waals surface area contributed by atoms with E-state index in [-0.39, 0.29) is 28.8 Å². The van der Waals surface area contributed by atoms with Crippen LogP contribution in [0.1, 0.15) is 29.7 Å². The van der Waals surface area contributed by atoms with Gasteiger partial charge in [0.1, 0.15) is 15.7 Å². The second-order valence-electron chi connectivity index (χ2n) is 8.11. The topological polar surface area (TPSA) is 99.2 Å². The molecule has 0 saturated heterocycles. The number of carbonyl (C=O) groups excluding carboxylic acids is 2. The fourth-order valence-electron chi connectivity index (χ4n) is 3.85. The lowest BCUT2D eigenvalue weighted by molar-refractivity contribution is -0.155. The van der Waals surface area contributed by atoms with E-state index in [1.54, 1.807) is 6.92 Å². The molecule has 0 fully saturated rings. The van der Waals surface area contributed by atoms with Crippen LogP contribution in [0, 0.1) is 0 Å². The van der Waals surface area contributed by atoms with Crippen LogP contribution in [-0.4, -0.2) is 44.5 Å². The molecule has 0 radical (unpaired) electrons. The van der Waals surface area contributed by atoms with Crippen LogP contribution in [0.3, 0.4) is 0 Å². The van der Waals surface area contributed by atoms with Crippen LogP contribution in [0.25, 0.3) is 0 Å². The van der Waals surface area contributed by atoms with E-state index in [1.807, 2.05) is 60.7 Å². The molecule has 11 heteroatoms. The Labute approximate surface area is 224 Å². The number of hydrogen-bond donors (Lipinski definition) is 0. The quantitative estimate of drug-likeness (QED) is 0.354. The van der Waals surface area contributed by atoms with Crippen molar-refractivity contribution in [3.63, 3.8) is 0 Å². The van der Waals surface area contributed by atoms with Crippen LogP contribution < -0.4 is 4.74 Å². The zero-order valence-corrected chi connectivity index (χ0v) is 22.2. The molecular formula is C26H23Cl2NO7S. The standard InChI is InChI=1S/C26H23Cl2NO7S/c1-3-34-26(31)29(2)37(32,33)20-15-18-14-19(35-24(18)22(28)21(20)27)25(30)36-23(16-10-6-4-7-11-16)17-12-8-5-9-13-17/h4-13,15,19,23H,3,14H2,1-2H3. The molecule has 3 aromatic rings. The van der Waals surface area contributed by atoms with Crippen molar-refractivity contribution in [1.82, 2.24) is 4.31 Å². The highest BCUT2D eigenvalue weighted by Gasteiger charge is 2.38. The highest BCUT2D eigenvalue weighted by molar-refractivity contribution is 7.89. The van der Waals surface area contributed by atoms with Gasteiger partial charge in [-0.15, -0.1) is 0 Å². The first-order valence-electron chi connectivity index (χ1n) is 11.3. The Morgan fingerprint density at radius 2 is 1.59 bits per heavy atom.